The van der Waals surface area contributed by atoms with Gasteiger partial charge in [0.1, 0.15) is 5.25 Å². The normalized spacial score (nSPS) is 15.9. The molecule has 2 atom stereocenters. The van der Waals surface area contributed by atoms with Gasteiger partial charge in [-0.25, -0.2) is 0 Å². The van der Waals surface area contributed by atoms with Crippen molar-refractivity contribution in [3.63, 3.8) is 0 Å². The van der Waals surface area contributed by atoms with E-state index in [9.17, 15) is 13.2 Å². The Balaban J connectivity index is 2.89. The molecule has 0 bridgehead atoms. The van der Waals surface area contributed by atoms with Crippen LogP contribution in [0.5, 0.6) is 0 Å². The van der Waals surface area contributed by atoms with Crippen molar-refractivity contribution in [2.75, 3.05) is 0 Å². The summed E-state index contributed by atoms with van der Waals surface area (Å²) in [6.07, 6.45) is -4.30. The second-order valence-corrected chi connectivity index (χ2v) is 5.41. The second-order valence-electron chi connectivity index (χ2n) is 3.37. The zero-order chi connectivity index (χ0) is 12.3. The van der Waals surface area contributed by atoms with Crippen LogP contribution in [0.15, 0.2) is 33.6 Å². The highest BCUT2D eigenvalue weighted by Crippen LogP contribution is 2.39. The van der Waals surface area contributed by atoms with Crippen LogP contribution < -0.4 is 5.73 Å². The molecule has 1 aromatic rings. The van der Waals surface area contributed by atoms with Gasteiger partial charge in [0.25, 0.3) is 0 Å². The zero-order valence-electron chi connectivity index (χ0n) is 8.46. The maximum atomic E-state index is 12.7. The van der Waals surface area contributed by atoms with Gasteiger partial charge in [0.2, 0.25) is 0 Å². The molecular weight excluding hydrogens is 303 g/mol. The summed E-state index contributed by atoms with van der Waals surface area (Å²) in [4.78, 5) is 0.544. The molecule has 6 heteroatoms. The molecule has 0 saturated heterocycles. The fourth-order valence-electron chi connectivity index (χ4n) is 1.15. The van der Waals surface area contributed by atoms with Gasteiger partial charge in [-0.2, -0.15) is 13.2 Å². The first-order valence-corrected chi connectivity index (χ1v) is 6.23. The van der Waals surface area contributed by atoms with Crippen molar-refractivity contribution in [3.8, 4) is 0 Å². The van der Waals surface area contributed by atoms with E-state index >= 15 is 0 Å². The molecule has 2 N–H and O–H groups in total. The van der Waals surface area contributed by atoms with E-state index in [0.717, 1.165) is 11.8 Å². The maximum absolute atomic E-state index is 12.7. The first-order valence-electron chi connectivity index (χ1n) is 4.56. The summed E-state index contributed by atoms with van der Waals surface area (Å²) in [6.45, 7) is 1.36. The summed E-state index contributed by atoms with van der Waals surface area (Å²) >= 11 is 3.95. The molecule has 90 valence electrons. The van der Waals surface area contributed by atoms with Crippen LogP contribution in [0.2, 0.25) is 0 Å². The Morgan fingerprint density at radius 1 is 1.31 bits per heavy atom. The Hall–Kier alpha value is -0.200. The largest absolute Gasteiger partial charge is 0.402 e. The molecule has 0 saturated carbocycles. The van der Waals surface area contributed by atoms with Crippen molar-refractivity contribution in [2.24, 2.45) is 5.73 Å². The summed E-state index contributed by atoms with van der Waals surface area (Å²) in [5, 5.41) is -1.59. The highest BCUT2D eigenvalue weighted by atomic mass is 79.9. The monoisotopic (exact) mass is 313 g/mol. The molecule has 1 nitrogen and oxygen atoms in total. The molecule has 0 amide bonds. The molecule has 0 heterocycles. The number of hydrogen-bond donors (Lipinski definition) is 1. The minimum Gasteiger partial charge on any atom is -0.327 e. The Labute approximate surface area is 105 Å². The fraction of sp³-hybridized carbons (Fsp3) is 0.400. The zero-order valence-corrected chi connectivity index (χ0v) is 10.9. The van der Waals surface area contributed by atoms with Gasteiger partial charge in [-0.15, -0.1) is 11.8 Å². The SMILES string of the molecule is CC(N)C(Sc1ccccc1Br)C(F)(F)F. The Kier molecular flexibility index (Phi) is 4.70. The molecule has 0 aromatic heterocycles. The van der Waals surface area contributed by atoms with Gasteiger partial charge < -0.3 is 5.73 Å². The van der Waals surface area contributed by atoms with E-state index in [2.05, 4.69) is 15.9 Å². The van der Waals surface area contributed by atoms with E-state index in [1.807, 2.05) is 0 Å². The number of hydrogen-bond acceptors (Lipinski definition) is 2. The molecule has 0 aliphatic heterocycles. The number of alkyl halides is 3. The molecule has 0 fully saturated rings. The van der Waals surface area contributed by atoms with Crippen LogP contribution in [0.25, 0.3) is 0 Å². The molecule has 1 rings (SSSR count). The van der Waals surface area contributed by atoms with E-state index < -0.39 is 17.5 Å². The average molecular weight is 314 g/mol. The predicted octanol–water partition coefficient (Wildman–Crippen LogP) is 3.82. The Bertz CT molecular complexity index is 354. The van der Waals surface area contributed by atoms with Crippen LogP contribution in [0.1, 0.15) is 6.92 Å². The molecule has 1 aromatic carbocycles. The summed E-state index contributed by atoms with van der Waals surface area (Å²) in [5.41, 5.74) is 5.36. The van der Waals surface area contributed by atoms with E-state index in [1.165, 1.54) is 6.92 Å². The van der Waals surface area contributed by atoms with E-state index in [4.69, 9.17) is 5.73 Å². The van der Waals surface area contributed by atoms with Crippen molar-refractivity contribution in [1.82, 2.24) is 0 Å². The van der Waals surface area contributed by atoms with E-state index in [1.54, 1.807) is 24.3 Å². The molecule has 0 aliphatic rings. The van der Waals surface area contributed by atoms with Gasteiger partial charge in [-0.3, -0.25) is 0 Å². The quantitative estimate of drug-likeness (QED) is 0.858. The fourth-order valence-corrected chi connectivity index (χ4v) is 2.67. The van der Waals surface area contributed by atoms with Crippen LogP contribution in [-0.2, 0) is 0 Å². The van der Waals surface area contributed by atoms with Gasteiger partial charge >= 0.3 is 6.18 Å². The molecule has 0 spiro atoms. The second kappa shape index (κ2) is 5.42. The number of nitrogens with two attached hydrogens (primary N) is 1. The molecule has 16 heavy (non-hydrogen) atoms. The van der Waals surface area contributed by atoms with Crippen molar-refractivity contribution >= 4 is 27.7 Å². The number of thioether (sulfide) groups is 1. The molecule has 2 unspecified atom stereocenters. The van der Waals surface area contributed by atoms with Gasteiger partial charge in [0.05, 0.1) is 0 Å². The molecule has 0 aliphatic carbocycles. The van der Waals surface area contributed by atoms with Crippen molar-refractivity contribution in [1.29, 1.82) is 0 Å². The van der Waals surface area contributed by atoms with Crippen LogP contribution in [0.4, 0.5) is 13.2 Å². The van der Waals surface area contributed by atoms with Crippen LogP contribution in [0, 0.1) is 0 Å². The number of benzene rings is 1. The van der Waals surface area contributed by atoms with Gasteiger partial charge in [0.15, 0.2) is 0 Å². The third-order valence-electron chi connectivity index (χ3n) is 1.89. The average Bonchev–Trinajstić information content (AvgIpc) is 2.14. The maximum Gasteiger partial charge on any atom is 0.402 e. The summed E-state index contributed by atoms with van der Waals surface area (Å²) in [5.74, 6) is 0. The van der Waals surface area contributed by atoms with Crippen molar-refractivity contribution < 1.29 is 13.2 Å². The minimum atomic E-state index is -4.30. The smallest absolute Gasteiger partial charge is 0.327 e. The van der Waals surface area contributed by atoms with Crippen molar-refractivity contribution in [3.05, 3.63) is 28.7 Å². The predicted molar refractivity (Wildman–Crippen MR) is 63.5 cm³/mol. The van der Waals surface area contributed by atoms with Gasteiger partial charge in [-0.05, 0) is 35.0 Å². The van der Waals surface area contributed by atoms with Crippen LogP contribution in [0.3, 0.4) is 0 Å². The Morgan fingerprint density at radius 2 is 1.88 bits per heavy atom. The lowest BCUT2D eigenvalue weighted by molar-refractivity contribution is -0.131. The first-order chi connectivity index (χ1) is 7.32. The number of halogens is 4. The lowest BCUT2D eigenvalue weighted by Crippen LogP contribution is -2.40. The molecular formula is C10H11BrF3NS. The van der Waals surface area contributed by atoms with Gasteiger partial charge in [-0.1, -0.05) is 12.1 Å². The summed E-state index contributed by atoms with van der Waals surface area (Å²) < 4.78 is 38.7. The summed E-state index contributed by atoms with van der Waals surface area (Å²) in [7, 11) is 0. The van der Waals surface area contributed by atoms with E-state index in [-0.39, 0.29) is 0 Å². The third-order valence-corrected chi connectivity index (χ3v) is 4.41. The minimum absolute atomic E-state index is 0.544. The van der Waals surface area contributed by atoms with Gasteiger partial charge in [0, 0.05) is 15.4 Å². The van der Waals surface area contributed by atoms with Crippen molar-refractivity contribution in [2.45, 2.75) is 29.3 Å². The third kappa shape index (κ3) is 3.68. The lowest BCUT2D eigenvalue weighted by Gasteiger charge is -2.23. The van der Waals surface area contributed by atoms with Crippen LogP contribution >= 0.6 is 27.7 Å². The number of rotatable bonds is 3. The lowest BCUT2D eigenvalue weighted by atomic mass is 10.2. The summed E-state index contributed by atoms with van der Waals surface area (Å²) in [6, 6.07) is 5.84. The topological polar surface area (TPSA) is 26.0 Å². The Morgan fingerprint density at radius 3 is 2.31 bits per heavy atom. The highest BCUT2D eigenvalue weighted by Gasteiger charge is 2.42. The first kappa shape index (κ1) is 13.9. The van der Waals surface area contributed by atoms with Crippen LogP contribution in [-0.4, -0.2) is 17.5 Å². The molecule has 0 radical (unpaired) electrons. The standard InChI is InChI=1S/C10H11BrF3NS/c1-6(15)9(10(12,13)14)16-8-5-3-2-4-7(8)11/h2-6,9H,15H2,1H3. The van der Waals surface area contributed by atoms with E-state index in [0.29, 0.717) is 9.37 Å². The highest BCUT2D eigenvalue weighted by molar-refractivity contribution is 9.10.